The Morgan fingerprint density at radius 3 is 2.77 bits per heavy atom. The summed E-state index contributed by atoms with van der Waals surface area (Å²) in [6.07, 6.45) is 3.15. The van der Waals surface area contributed by atoms with Crippen LogP contribution in [-0.4, -0.2) is 34.2 Å². The number of furan rings is 1. The fourth-order valence-electron chi connectivity index (χ4n) is 2.08. The van der Waals surface area contributed by atoms with Crippen LogP contribution in [0.2, 0.25) is 5.15 Å². The van der Waals surface area contributed by atoms with Gasteiger partial charge in [-0.3, -0.25) is 25.1 Å². The predicted molar refractivity (Wildman–Crippen MR) is 91.5 cm³/mol. The van der Waals surface area contributed by atoms with Gasteiger partial charge >= 0.3 is 11.9 Å². The van der Waals surface area contributed by atoms with Crippen molar-refractivity contribution in [2.45, 2.75) is 33.2 Å². The van der Waals surface area contributed by atoms with E-state index in [0.717, 1.165) is 12.8 Å². The molecule has 9 nitrogen and oxygen atoms in total. The molecule has 2 aromatic heterocycles. The fourth-order valence-corrected chi connectivity index (χ4v) is 2.41. The quantitative estimate of drug-likeness (QED) is 0.557. The van der Waals surface area contributed by atoms with Crippen molar-refractivity contribution in [3.63, 3.8) is 0 Å². The molecular weight excluding hydrogens is 364 g/mol. The van der Waals surface area contributed by atoms with E-state index in [4.69, 9.17) is 20.8 Å². The van der Waals surface area contributed by atoms with Crippen LogP contribution in [0.25, 0.3) is 0 Å². The van der Waals surface area contributed by atoms with Crippen LogP contribution < -0.4 is 10.9 Å². The molecule has 0 aliphatic rings. The van der Waals surface area contributed by atoms with E-state index in [9.17, 15) is 14.4 Å². The van der Waals surface area contributed by atoms with Crippen LogP contribution in [0, 0.1) is 6.92 Å². The summed E-state index contributed by atoms with van der Waals surface area (Å²) in [6, 6.07) is 2.97. The first-order valence-corrected chi connectivity index (χ1v) is 8.34. The van der Waals surface area contributed by atoms with Gasteiger partial charge in [0.25, 0.3) is 5.91 Å². The van der Waals surface area contributed by atoms with Gasteiger partial charge in [0.2, 0.25) is 0 Å². The molecule has 2 heterocycles. The lowest BCUT2D eigenvalue weighted by Crippen LogP contribution is -2.43. The number of unbranched alkanes of at least 4 members (excludes halogenated alkanes) is 1. The average molecular weight is 383 g/mol. The summed E-state index contributed by atoms with van der Waals surface area (Å²) >= 11 is 6.17. The van der Waals surface area contributed by atoms with Gasteiger partial charge in [0.1, 0.15) is 10.7 Å². The van der Waals surface area contributed by atoms with Crippen molar-refractivity contribution < 1.29 is 23.5 Å². The first kappa shape index (κ1) is 19.5. The Morgan fingerprint density at radius 1 is 1.35 bits per heavy atom. The Morgan fingerprint density at radius 2 is 2.12 bits per heavy atom. The highest BCUT2D eigenvalue weighted by molar-refractivity contribution is 6.32. The molecule has 0 aromatic carbocycles. The molecule has 140 valence electrons. The highest BCUT2D eigenvalue weighted by atomic mass is 35.5. The summed E-state index contributed by atoms with van der Waals surface area (Å²) in [5.41, 5.74) is 4.78. The van der Waals surface area contributed by atoms with E-state index in [1.54, 1.807) is 6.92 Å². The van der Waals surface area contributed by atoms with Gasteiger partial charge in [-0.25, -0.2) is 4.79 Å². The Labute approximate surface area is 154 Å². The Balaban J connectivity index is 1.85. The number of hydrazine groups is 1. The molecule has 0 spiro atoms. The zero-order chi connectivity index (χ0) is 19.1. The molecule has 2 amide bonds. The van der Waals surface area contributed by atoms with Gasteiger partial charge in [-0.1, -0.05) is 24.9 Å². The number of rotatable bonds is 7. The van der Waals surface area contributed by atoms with E-state index in [2.05, 4.69) is 16.0 Å². The Bertz CT molecular complexity index is 785. The summed E-state index contributed by atoms with van der Waals surface area (Å²) < 4.78 is 11.3. The van der Waals surface area contributed by atoms with Crippen LogP contribution in [-0.2, 0) is 16.1 Å². The number of aromatic nitrogens is 2. The van der Waals surface area contributed by atoms with Gasteiger partial charge in [0.15, 0.2) is 12.4 Å². The molecule has 0 fully saturated rings. The number of carbonyl (C=O) groups excluding carboxylic acids is 3. The molecular formula is C16H19ClN4O5. The monoisotopic (exact) mass is 382 g/mol. The molecule has 0 unspecified atom stereocenters. The van der Waals surface area contributed by atoms with Gasteiger partial charge in [-0.05, 0) is 25.5 Å². The van der Waals surface area contributed by atoms with Crippen LogP contribution >= 0.6 is 11.6 Å². The summed E-state index contributed by atoms with van der Waals surface area (Å²) in [5, 5.41) is 4.37. The van der Waals surface area contributed by atoms with E-state index >= 15 is 0 Å². The fraction of sp³-hybridized carbons (Fsp3) is 0.375. The zero-order valence-corrected chi connectivity index (χ0v) is 15.1. The average Bonchev–Trinajstić information content (AvgIpc) is 3.24. The lowest BCUT2D eigenvalue weighted by Gasteiger charge is -2.07. The normalized spacial score (nSPS) is 10.4. The SMILES string of the molecule is CCCCn1nc(C)c(C(=O)OCC(=O)NNC(=O)c2ccco2)c1Cl. The minimum atomic E-state index is -0.761. The second-order valence-electron chi connectivity index (χ2n) is 5.38. The number of hydrogen-bond acceptors (Lipinski definition) is 6. The van der Waals surface area contributed by atoms with Crippen LogP contribution in [0.3, 0.4) is 0 Å². The predicted octanol–water partition coefficient (Wildman–Crippen LogP) is 1.86. The number of hydrogen-bond donors (Lipinski definition) is 2. The van der Waals surface area contributed by atoms with Gasteiger partial charge in [-0.2, -0.15) is 5.10 Å². The van der Waals surface area contributed by atoms with E-state index in [0.29, 0.717) is 12.2 Å². The highest BCUT2D eigenvalue weighted by Crippen LogP contribution is 2.21. The number of halogens is 1. The van der Waals surface area contributed by atoms with Gasteiger partial charge in [0.05, 0.1) is 12.0 Å². The van der Waals surface area contributed by atoms with Crippen molar-refractivity contribution in [3.8, 4) is 0 Å². The molecule has 0 radical (unpaired) electrons. The maximum Gasteiger partial charge on any atom is 0.343 e. The largest absolute Gasteiger partial charge is 0.459 e. The van der Waals surface area contributed by atoms with Crippen LogP contribution in [0.1, 0.15) is 46.4 Å². The first-order valence-electron chi connectivity index (χ1n) is 7.96. The molecule has 10 heteroatoms. The third-order valence-corrected chi connectivity index (χ3v) is 3.77. The molecule has 26 heavy (non-hydrogen) atoms. The molecule has 2 rings (SSSR count). The van der Waals surface area contributed by atoms with E-state index in [-0.39, 0.29) is 16.5 Å². The number of nitrogens with zero attached hydrogens (tertiary/aromatic N) is 2. The lowest BCUT2D eigenvalue weighted by molar-refractivity contribution is -0.125. The zero-order valence-electron chi connectivity index (χ0n) is 14.4. The van der Waals surface area contributed by atoms with Crippen molar-refractivity contribution in [1.82, 2.24) is 20.6 Å². The standard InChI is InChI=1S/C16H19ClN4O5/c1-3-4-7-21-14(17)13(10(2)20-21)16(24)26-9-12(22)18-19-15(23)11-6-5-8-25-11/h5-6,8H,3-4,7,9H2,1-2H3,(H,18,22)(H,19,23). The minimum Gasteiger partial charge on any atom is -0.459 e. The number of amides is 2. The summed E-state index contributed by atoms with van der Waals surface area (Å²) in [7, 11) is 0. The summed E-state index contributed by atoms with van der Waals surface area (Å²) in [5.74, 6) is -2.08. The van der Waals surface area contributed by atoms with Gasteiger partial charge in [0, 0.05) is 6.54 Å². The number of nitrogens with one attached hydrogen (secondary N) is 2. The maximum atomic E-state index is 12.2. The third kappa shape index (κ3) is 4.85. The second-order valence-corrected chi connectivity index (χ2v) is 5.74. The van der Waals surface area contributed by atoms with Gasteiger partial charge < -0.3 is 9.15 Å². The molecule has 0 aliphatic heterocycles. The molecule has 0 aliphatic carbocycles. The highest BCUT2D eigenvalue weighted by Gasteiger charge is 2.22. The lowest BCUT2D eigenvalue weighted by atomic mass is 10.3. The topological polar surface area (TPSA) is 115 Å². The van der Waals surface area contributed by atoms with Crippen LogP contribution in [0.5, 0.6) is 0 Å². The minimum absolute atomic E-state index is 0.0317. The molecule has 0 saturated carbocycles. The van der Waals surface area contributed by atoms with E-state index < -0.39 is 24.4 Å². The van der Waals surface area contributed by atoms with E-state index in [1.807, 2.05) is 6.92 Å². The van der Waals surface area contributed by atoms with Crippen LogP contribution in [0.15, 0.2) is 22.8 Å². The summed E-state index contributed by atoms with van der Waals surface area (Å²) in [6.45, 7) is 3.66. The number of ether oxygens (including phenoxy) is 1. The number of carbonyl (C=O) groups is 3. The number of aryl methyl sites for hydroxylation is 2. The molecule has 0 saturated heterocycles. The van der Waals surface area contributed by atoms with Gasteiger partial charge in [-0.15, -0.1) is 0 Å². The van der Waals surface area contributed by atoms with Crippen molar-refractivity contribution >= 4 is 29.4 Å². The molecule has 0 atom stereocenters. The smallest absolute Gasteiger partial charge is 0.343 e. The molecule has 0 bridgehead atoms. The van der Waals surface area contributed by atoms with Crippen molar-refractivity contribution in [2.24, 2.45) is 0 Å². The molecule has 2 N–H and O–H groups in total. The second kappa shape index (κ2) is 9.04. The first-order chi connectivity index (χ1) is 12.4. The number of esters is 1. The Hall–Kier alpha value is -2.81. The van der Waals surface area contributed by atoms with E-state index in [1.165, 1.54) is 23.1 Å². The van der Waals surface area contributed by atoms with Crippen molar-refractivity contribution in [1.29, 1.82) is 0 Å². The summed E-state index contributed by atoms with van der Waals surface area (Å²) in [4.78, 5) is 35.4. The van der Waals surface area contributed by atoms with Crippen molar-refractivity contribution in [2.75, 3.05) is 6.61 Å². The third-order valence-electron chi connectivity index (χ3n) is 3.39. The molecule has 2 aromatic rings. The van der Waals surface area contributed by atoms with Crippen molar-refractivity contribution in [3.05, 3.63) is 40.6 Å². The maximum absolute atomic E-state index is 12.2. The Kier molecular flexibility index (Phi) is 6.79. The van der Waals surface area contributed by atoms with Crippen LogP contribution in [0.4, 0.5) is 0 Å².